The summed E-state index contributed by atoms with van der Waals surface area (Å²) in [5.74, 6) is 0. The first-order valence-electron chi connectivity index (χ1n) is 5.99. The van der Waals surface area contributed by atoms with Crippen LogP contribution in [0.4, 0.5) is 4.79 Å². The predicted octanol–water partition coefficient (Wildman–Crippen LogP) is 2.37. The Labute approximate surface area is 99.1 Å². The van der Waals surface area contributed by atoms with Gasteiger partial charge in [0.15, 0.2) is 0 Å². The highest BCUT2D eigenvalue weighted by atomic mass is 16.6. The lowest BCUT2D eigenvalue weighted by Crippen LogP contribution is -2.50. The Hall–Kier alpha value is -0.770. The summed E-state index contributed by atoms with van der Waals surface area (Å²) in [5, 5.41) is 0. The normalized spacial score (nSPS) is 13.4. The van der Waals surface area contributed by atoms with E-state index in [0.29, 0.717) is 13.2 Å². The van der Waals surface area contributed by atoms with E-state index in [0.717, 1.165) is 12.8 Å². The van der Waals surface area contributed by atoms with Crippen LogP contribution in [0.3, 0.4) is 0 Å². The molecular weight excluding hydrogens is 204 g/mol. The summed E-state index contributed by atoms with van der Waals surface area (Å²) in [5.41, 5.74) is 5.48. The Kier molecular flexibility index (Phi) is 6.41. The number of carbonyl (C=O) groups is 1. The van der Waals surface area contributed by atoms with Gasteiger partial charge in [0.25, 0.3) is 0 Å². The van der Waals surface area contributed by atoms with Gasteiger partial charge >= 0.3 is 6.09 Å². The van der Waals surface area contributed by atoms with Crippen molar-refractivity contribution in [3.8, 4) is 0 Å². The molecule has 1 amide bonds. The minimum atomic E-state index is -0.266. The Morgan fingerprint density at radius 1 is 1.44 bits per heavy atom. The standard InChI is InChI=1S/C12H26N2O2/c1-6-7-8-16-11(15)14(9-10(2)13)12(3,4)5/h10H,6-9,13H2,1-5H3/t10-/m1/s1. The van der Waals surface area contributed by atoms with Crippen molar-refractivity contribution < 1.29 is 9.53 Å². The number of hydrogen-bond acceptors (Lipinski definition) is 3. The molecule has 0 aromatic heterocycles. The second-order valence-corrected chi connectivity index (χ2v) is 5.23. The molecule has 0 aliphatic heterocycles. The first kappa shape index (κ1) is 15.2. The first-order chi connectivity index (χ1) is 7.29. The highest BCUT2D eigenvalue weighted by molar-refractivity contribution is 5.68. The number of rotatable bonds is 5. The smallest absolute Gasteiger partial charge is 0.410 e. The van der Waals surface area contributed by atoms with Crippen LogP contribution in [-0.2, 0) is 4.74 Å². The van der Waals surface area contributed by atoms with Crippen LogP contribution in [0.15, 0.2) is 0 Å². The lowest BCUT2D eigenvalue weighted by molar-refractivity contribution is 0.0645. The van der Waals surface area contributed by atoms with Gasteiger partial charge in [-0.3, -0.25) is 0 Å². The van der Waals surface area contributed by atoms with Crippen molar-refractivity contribution in [2.75, 3.05) is 13.2 Å². The maximum absolute atomic E-state index is 11.8. The summed E-state index contributed by atoms with van der Waals surface area (Å²) in [7, 11) is 0. The Morgan fingerprint density at radius 3 is 2.38 bits per heavy atom. The summed E-state index contributed by atoms with van der Waals surface area (Å²) in [6.45, 7) is 10.9. The summed E-state index contributed by atoms with van der Waals surface area (Å²) < 4.78 is 5.20. The molecule has 0 aliphatic carbocycles. The molecule has 0 spiro atoms. The Balaban J connectivity index is 4.34. The number of carbonyl (C=O) groups excluding carboxylic acids is 1. The molecule has 0 aromatic carbocycles. The maximum atomic E-state index is 11.8. The summed E-state index contributed by atoms with van der Waals surface area (Å²) >= 11 is 0. The third-order valence-corrected chi connectivity index (χ3v) is 2.22. The van der Waals surface area contributed by atoms with Gasteiger partial charge in [-0.2, -0.15) is 0 Å². The van der Waals surface area contributed by atoms with Crippen LogP contribution in [0.2, 0.25) is 0 Å². The average molecular weight is 230 g/mol. The number of nitrogens with zero attached hydrogens (tertiary/aromatic N) is 1. The van der Waals surface area contributed by atoms with Gasteiger partial charge in [-0.15, -0.1) is 0 Å². The number of nitrogens with two attached hydrogens (primary N) is 1. The molecule has 96 valence electrons. The summed E-state index contributed by atoms with van der Waals surface area (Å²) in [4.78, 5) is 13.5. The van der Waals surface area contributed by atoms with Crippen molar-refractivity contribution in [1.29, 1.82) is 0 Å². The molecule has 4 heteroatoms. The quantitative estimate of drug-likeness (QED) is 0.738. The molecule has 0 fully saturated rings. The van der Waals surface area contributed by atoms with Crippen LogP contribution in [0, 0.1) is 0 Å². The van der Waals surface area contributed by atoms with E-state index in [1.54, 1.807) is 4.90 Å². The lowest BCUT2D eigenvalue weighted by atomic mass is 10.1. The molecule has 0 heterocycles. The Bertz CT molecular complexity index is 210. The largest absolute Gasteiger partial charge is 0.449 e. The molecule has 0 radical (unpaired) electrons. The third kappa shape index (κ3) is 5.95. The fourth-order valence-corrected chi connectivity index (χ4v) is 1.29. The van der Waals surface area contributed by atoms with E-state index >= 15 is 0 Å². The first-order valence-corrected chi connectivity index (χ1v) is 5.99. The van der Waals surface area contributed by atoms with Crippen LogP contribution in [0.25, 0.3) is 0 Å². The highest BCUT2D eigenvalue weighted by Crippen LogP contribution is 2.15. The molecule has 0 saturated carbocycles. The van der Waals surface area contributed by atoms with Gasteiger partial charge < -0.3 is 15.4 Å². The van der Waals surface area contributed by atoms with E-state index in [2.05, 4.69) is 6.92 Å². The molecule has 1 atom stereocenters. The van der Waals surface area contributed by atoms with Crippen LogP contribution in [0.5, 0.6) is 0 Å². The molecule has 0 saturated heterocycles. The molecule has 0 aliphatic rings. The van der Waals surface area contributed by atoms with Crippen molar-refractivity contribution >= 4 is 6.09 Å². The SMILES string of the molecule is CCCCOC(=O)N(C[C@@H](C)N)C(C)(C)C. The van der Waals surface area contributed by atoms with Crippen molar-refractivity contribution in [1.82, 2.24) is 4.90 Å². The molecule has 4 nitrogen and oxygen atoms in total. The zero-order chi connectivity index (χ0) is 12.8. The molecule has 0 rings (SSSR count). The van der Waals surface area contributed by atoms with E-state index in [9.17, 15) is 4.79 Å². The maximum Gasteiger partial charge on any atom is 0.410 e. The van der Waals surface area contributed by atoms with Crippen molar-refractivity contribution in [3.05, 3.63) is 0 Å². The van der Waals surface area contributed by atoms with Gasteiger partial charge in [0.05, 0.1) is 6.61 Å². The Morgan fingerprint density at radius 2 is 2.00 bits per heavy atom. The minimum Gasteiger partial charge on any atom is -0.449 e. The highest BCUT2D eigenvalue weighted by Gasteiger charge is 2.28. The number of ether oxygens (including phenoxy) is 1. The molecule has 16 heavy (non-hydrogen) atoms. The molecule has 0 unspecified atom stereocenters. The zero-order valence-electron chi connectivity index (χ0n) is 11.2. The molecular formula is C12H26N2O2. The van der Waals surface area contributed by atoms with Crippen LogP contribution < -0.4 is 5.73 Å². The van der Waals surface area contributed by atoms with E-state index in [-0.39, 0.29) is 17.7 Å². The molecule has 0 aromatic rings. The van der Waals surface area contributed by atoms with Gasteiger partial charge in [0.1, 0.15) is 0 Å². The second kappa shape index (κ2) is 6.74. The third-order valence-electron chi connectivity index (χ3n) is 2.22. The number of unbranched alkanes of at least 4 members (excludes halogenated alkanes) is 1. The number of amides is 1. The van der Waals surface area contributed by atoms with Gasteiger partial charge in [-0.1, -0.05) is 13.3 Å². The monoisotopic (exact) mass is 230 g/mol. The van der Waals surface area contributed by atoms with Gasteiger partial charge in [-0.05, 0) is 34.1 Å². The average Bonchev–Trinajstić information content (AvgIpc) is 2.12. The van der Waals surface area contributed by atoms with E-state index < -0.39 is 0 Å². The minimum absolute atomic E-state index is 0.0436. The van der Waals surface area contributed by atoms with Crippen LogP contribution in [-0.4, -0.2) is 35.7 Å². The number of hydrogen-bond donors (Lipinski definition) is 1. The van der Waals surface area contributed by atoms with E-state index in [1.807, 2.05) is 27.7 Å². The predicted molar refractivity (Wildman–Crippen MR) is 66.4 cm³/mol. The van der Waals surface area contributed by atoms with Gasteiger partial charge in [0, 0.05) is 18.1 Å². The van der Waals surface area contributed by atoms with Crippen molar-refractivity contribution in [2.45, 2.75) is 59.0 Å². The summed E-state index contributed by atoms with van der Waals surface area (Å²) in [6.07, 6.45) is 1.66. The zero-order valence-corrected chi connectivity index (χ0v) is 11.2. The fraction of sp³-hybridized carbons (Fsp3) is 0.917. The molecule has 2 N–H and O–H groups in total. The van der Waals surface area contributed by atoms with Gasteiger partial charge in [-0.25, -0.2) is 4.79 Å². The lowest BCUT2D eigenvalue weighted by Gasteiger charge is -2.35. The van der Waals surface area contributed by atoms with Gasteiger partial charge in [0.2, 0.25) is 0 Å². The van der Waals surface area contributed by atoms with Crippen LogP contribution >= 0.6 is 0 Å². The van der Waals surface area contributed by atoms with E-state index in [4.69, 9.17) is 10.5 Å². The van der Waals surface area contributed by atoms with Crippen molar-refractivity contribution in [2.24, 2.45) is 5.73 Å². The molecule has 0 bridgehead atoms. The van der Waals surface area contributed by atoms with Crippen molar-refractivity contribution in [3.63, 3.8) is 0 Å². The topological polar surface area (TPSA) is 55.6 Å². The van der Waals surface area contributed by atoms with E-state index in [1.165, 1.54) is 0 Å². The second-order valence-electron chi connectivity index (χ2n) is 5.23. The summed E-state index contributed by atoms with van der Waals surface area (Å²) in [6, 6.07) is -0.0436. The van der Waals surface area contributed by atoms with Crippen LogP contribution in [0.1, 0.15) is 47.5 Å². The fourth-order valence-electron chi connectivity index (χ4n) is 1.29.